The normalized spacial score (nSPS) is 13.5. The number of rotatable bonds is 4. The van der Waals surface area contributed by atoms with Crippen LogP contribution >= 0.6 is 12.4 Å². The molecule has 1 aromatic heterocycles. The van der Waals surface area contributed by atoms with Crippen LogP contribution in [0.1, 0.15) is 67.0 Å². The van der Waals surface area contributed by atoms with E-state index in [1.807, 2.05) is 17.7 Å². The summed E-state index contributed by atoms with van der Waals surface area (Å²) >= 11 is 0. The van der Waals surface area contributed by atoms with Gasteiger partial charge in [-0.05, 0) is 27.2 Å². The van der Waals surface area contributed by atoms with Gasteiger partial charge < -0.3 is 11.1 Å². The zero-order valence-corrected chi connectivity index (χ0v) is 15.7. The predicted molar refractivity (Wildman–Crippen MR) is 94.7 cm³/mol. The fourth-order valence-corrected chi connectivity index (χ4v) is 2.01. The van der Waals surface area contributed by atoms with Crippen LogP contribution in [0.5, 0.6) is 0 Å². The molecule has 0 aliphatic rings. The van der Waals surface area contributed by atoms with Crippen molar-refractivity contribution in [3.05, 3.63) is 11.8 Å². The molecule has 1 rings (SSSR count). The monoisotopic (exact) mass is 330 g/mol. The molecule has 0 radical (unpaired) electrons. The van der Waals surface area contributed by atoms with Crippen molar-refractivity contribution in [3.63, 3.8) is 0 Å². The predicted octanol–water partition coefficient (Wildman–Crippen LogP) is 3.42. The fraction of sp³-hybridized carbons (Fsp3) is 0.750. The van der Waals surface area contributed by atoms with E-state index in [2.05, 4.69) is 52.0 Å². The first kappa shape index (κ1) is 20.9. The number of carbonyl (C=O) groups excluding carboxylic acids is 1. The van der Waals surface area contributed by atoms with Crippen molar-refractivity contribution in [2.45, 2.75) is 78.3 Å². The molecule has 3 N–H and O–H groups in total. The maximum atomic E-state index is 12.2. The third-order valence-electron chi connectivity index (χ3n) is 3.30. The summed E-state index contributed by atoms with van der Waals surface area (Å²) in [5.74, 6) is 0.562. The number of carbonyl (C=O) groups is 1. The summed E-state index contributed by atoms with van der Waals surface area (Å²) < 4.78 is 1.87. The summed E-state index contributed by atoms with van der Waals surface area (Å²) in [6.07, 6.45) is 1.57. The van der Waals surface area contributed by atoms with E-state index in [-0.39, 0.29) is 29.3 Å². The number of nitrogens with two attached hydrogens (primary N) is 1. The Bertz CT molecular complexity index is 497. The molecule has 5 nitrogen and oxygen atoms in total. The van der Waals surface area contributed by atoms with Gasteiger partial charge in [0.25, 0.3) is 0 Å². The van der Waals surface area contributed by atoms with Crippen LogP contribution in [0.15, 0.2) is 6.07 Å². The molecule has 1 aromatic rings. The Hall–Kier alpha value is -1.07. The standard InChI is InChI=1S/C16H30N4O.ClH/c1-8-9-11(17)14(21)18-13-10-12(15(2,3)4)19-20(13)16(5,6)7;/h10-11H,8-9,17H2,1-7H3,(H,18,21);1H. The largest absolute Gasteiger partial charge is 0.320 e. The van der Waals surface area contributed by atoms with Crippen LogP contribution in [0.25, 0.3) is 0 Å². The van der Waals surface area contributed by atoms with E-state index < -0.39 is 6.04 Å². The lowest BCUT2D eigenvalue weighted by atomic mass is 9.92. The highest BCUT2D eigenvalue weighted by atomic mass is 35.5. The second-order valence-electron chi connectivity index (χ2n) is 7.63. The SMILES string of the molecule is CCCC(N)C(=O)Nc1cc(C(C)(C)C)nn1C(C)(C)C.Cl. The summed E-state index contributed by atoms with van der Waals surface area (Å²) in [5, 5.41) is 7.60. The van der Waals surface area contributed by atoms with E-state index in [1.165, 1.54) is 0 Å². The van der Waals surface area contributed by atoms with Gasteiger partial charge in [0.15, 0.2) is 0 Å². The second-order valence-corrected chi connectivity index (χ2v) is 7.63. The molecule has 1 amide bonds. The Kier molecular flexibility index (Phi) is 7.10. The first-order valence-electron chi connectivity index (χ1n) is 7.64. The van der Waals surface area contributed by atoms with E-state index in [0.717, 1.165) is 12.1 Å². The highest BCUT2D eigenvalue weighted by molar-refractivity contribution is 5.94. The summed E-state index contributed by atoms with van der Waals surface area (Å²) in [4.78, 5) is 12.2. The topological polar surface area (TPSA) is 72.9 Å². The Balaban J connectivity index is 0.00000441. The van der Waals surface area contributed by atoms with Crippen LogP contribution in [0, 0.1) is 0 Å². The van der Waals surface area contributed by atoms with Crippen molar-refractivity contribution < 1.29 is 4.79 Å². The third-order valence-corrected chi connectivity index (χ3v) is 3.30. The molecular formula is C16H31ClN4O. The first-order valence-corrected chi connectivity index (χ1v) is 7.64. The average Bonchev–Trinajstić information content (AvgIpc) is 2.72. The van der Waals surface area contributed by atoms with E-state index in [9.17, 15) is 4.79 Å². The second kappa shape index (κ2) is 7.47. The molecule has 22 heavy (non-hydrogen) atoms. The van der Waals surface area contributed by atoms with Crippen LogP contribution < -0.4 is 11.1 Å². The van der Waals surface area contributed by atoms with Crippen molar-refractivity contribution in [2.75, 3.05) is 5.32 Å². The summed E-state index contributed by atoms with van der Waals surface area (Å²) in [6.45, 7) is 14.5. The first-order chi connectivity index (χ1) is 9.46. The molecule has 1 unspecified atom stereocenters. The highest BCUT2D eigenvalue weighted by Crippen LogP contribution is 2.28. The summed E-state index contributed by atoms with van der Waals surface area (Å²) in [7, 11) is 0. The van der Waals surface area contributed by atoms with Gasteiger partial charge in [0.1, 0.15) is 5.82 Å². The van der Waals surface area contributed by atoms with Crippen molar-refractivity contribution >= 4 is 24.1 Å². The van der Waals surface area contributed by atoms with Crippen LogP contribution in [0.3, 0.4) is 0 Å². The maximum Gasteiger partial charge on any atom is 0.242 e. The van der Waals surface area contributed by atoms with Crippen LogP contribution in [0.4, 0.5) is 5.82 Å². The molecule has 0 aliphatic carbocycles. The van der Waals surface area contributed by atoms with Crippen molar-refractivity contribution in [1.82, 2.24) is 9.78 Å². The Morgan fingerprint density at radius 3 is 2.27 bits per heavy atom. The lowest BCUT2D eigenvalue weighted by molar-refractivity contribution is -0.117. The van der Waals surface area contributed by atoms with Gasteiger partial charge >= 0.3 is 0 Å². The molecule has 0 saturated carbocycles. The van der Waals surface area contributed by atoms with Crippen molar-refractivity contribution in [3.8, 4) is 0 Å². The Labute approximate surface area is 140 Å². The molecule has 1 heterocycles. The Morgan fingerprint density at radius 2 is 1.86 bits per heavy atom. The van der Waals surface area contributed by atoms with Crippen LogP contribution in [0.2, 0.25) is 0 Å². The zero-order chi connectivity index (χ0) is 16.4. The average molecular weight is 331 g/mol. The van der Waals surface area contributed by atoms with Gasteiger partial charge in [-0.1, -0.05) is 34.1 Å². The molecule has 1 atom stereocenters. The molecule has 0 fully saturated rings. The number of nitrogens with one attached hydrogen (secondary N) is 1. The van der Waals surface area contributed by atoms with Crippen LogP contribution in [-0.2, 0) is 15.7 Å². The van der Waals surface area contributed by atoms with E-state index in [4.69, 9.17) is 5.73 Å². The molecule has 0 saturated heterocycles. The number of halogens is 1. The quantitative estimate of drug-likeness (QED) is 0.888. The van der Waals surface area contributed by atoms with Gasteiger partial charge in [-0.25, -0.2) is 4.68 Å². The number of amides is 1. The number of anilines is 1. The summed E-state index contributed by atoms with van der Waals surface area (Å²) in [6, 6.07) is 1.47. The van der Waals surface area contributed by atoms with E-state index in [0.29, 0.717) is 12.2 Å². The minimum Gasteiger partial charge on any atom is -0.320 e. The van der Waals surface area contributed by atoms with Gasteiger partial charge in [0, 0.05) is 11.5 Å². The number of hydrogen-bond acceptors (Lipinski definition) is 3. The van der Waals surface area contributed by atoms with E-state index in [1.54, 1.807) is 0 Å². The fourth-order valence-electron chi connectivity index (χ4n) is 2.01. The number of aromatic nitrogens is 2. The lowest BCUT2D eigenvalue weighted by Crippen LogP contribution is -2.37. The molecule has 6 heteroatoms. The van der Waals surface area contributed by atoms with Gasteiger partial charge in [0.05, 0.1) is 17.3 Å². The highest BCUT2D eigenvalue weighted by Gasteiger charge is 2.26. The van der Waals surface area contributed by atoms with Crippen molar-refractivity contribution in [1.29, 1.82) is 0 Å². The zero-order valence-electron chi connectivity index (χ0n) is 14.9. The Morgan fingerprint density at radius 1 is 1.32 bits per heavy atom. The smallest absolute Gasteiger partial charge is 0.242 e. The van der Waals surface area contributed by atoms with Crippen molar-refractivity contribution in [2.24, 2.45) is 5.73 Å². The van der Waals surface area contributed by atoms with E-state index >= 15 is 0 Å². The van der Waals surface area contributed by atoms with Gasteiger partial charge in [-0.15, -0.1) is 12.4 Å². The van der Waals surface area contributed by atoms with Gasteiger partial charge in [-0.2, -0.15) is 5.10 Å². The molecule has 128 valence electrons. The third kappa shape index (κ3) is 5.29. The minimum atomic E-state index is -0.476. The summed E-state index contributed by atoms with van der Waals surface area (Å²) in [5.41, 5.74) is 6.57. The molecule has 0 spiro atoms. The maximum absolute atomic E-state index is 12.2. The number of nitrogens with zero attached hydrogens (tertiary/aromatic N) is 2. The number of hydrogen-bond donors (Lipinski definition) is 2. The lowest BCUT2D eigenvalue weighted by Gasteiger charge is -2.23. The molecule has 0 aliphatic heterocycles. The van der Waals surface area contributed by atoms with Crippen LogP contribution in [-0.4, -0.2) is 21.7 Å². The molecular weight excluding hydrogens is 300 g/mol. The van der Waals surface area contributed by atoms with Gasteiger partial charge in [0.2, 0.25) is 5.91 Å². The van der Waals surface area contributed by atoms with Gasteiger partial charge in [-0.3, -0.25) is 4.79 Å². The molecule has 0 aromatic carbocycles. The minimum absolute atomic E-state index is 0. The molecule has 0 bridgehead atoms.